The number of carbonyl (C=O) groups excluding carboxylic acids is 1. The van der Waals surface area contributed by atoms with Gasteiger partial charge in [0.15, 0.2) is 0 Å². The number of aryl methyl sites for hydroxylation is 1. The van der Waals surface area contributed by atoms with Crippen LogP contribution in [0.15, 0.2) is 48.8 Å². The van der Waals surface area contributed by atoms with Gasteiger partial charge >= 0.3 is 0 Å². The monoisotopic (exact) mass is 321 g/mol. The van der Waals surface area contributed by atoms with Gasteiger partial charge in [-0.05, 0) is 36.8 Å². The Morgan fingerprint density at radius 3 is 2.96 bits per heavy atom. The molecule has 0 unspecified atom stereocenters. The minimum Gasteiger partial charge on any atom is -0.360 e. The molecule has 2 heterocycles. The standard InChI is InChI=1S/C19H16FN3O/c1-12(24)6-7-23-11-14-3-2-13(8-18(14)22-23)17-10-21-19-9-15(20)4-5-16(17)19/h2-5,8-11,21H,6-7H2,1H3. The number of hydrogen-bond acceptors (Lipinski definition) is 2. The fourth-order valence-corrected chi connectivity index (χ4v) is 2.96. The number of H-pyrrole nitrogens is 1. The molecule has 0 saturated heterocycles. The van der Waals surface area contributed by atoms with Crippen LogP contribution in [0.5, 0.6) is 0 Å². The predicted octanol–water partition coefficient (Wildman–Crippen LogP) is 4.30. The van der Waals surface area contributed by atoms with Gasteiger partial charge in [-0.15, -0.1) is 0 Å². The first-order chi connectivity index (χ1) is 11.6. The third-order valence-electron chi connectivity index (χ3n) is 4.20. The zero-order chi connectivity index (χ0) is 16.7. The molecule has 4 aromatic rings. The molecular weight excluding hydrogens is 305 g/mol. The highest BCUT2D eigenvalue weighted by Gasteiger charge is 2.09. The van der Waals surface area contributed by atoms with Crippen molar-refractivity contribution in [1.82, 2.24) is 14.8 Å². The first-order valence-corrected chi connectivity index (χ1v) is 7.84. The van der Waals surface area contributed by atoms with Crippen molar-refractivity contribution in [3.63, 3.8) is 0 Å². The lowest BCUT2D eigenvalue weighted by Gasteiger charge is -2.00. The van der Waals surface area contributed by atoms with E-state index in [1.165, 1.54) is 12.1 Å². The lowest BCUT2D eigenvalue weighted by molar-refractivity contribution is -0.117. The van der Waals surface area contributed by atoms with Gasteiger partial charge in [0, 0.05) is 47.2 Å². The number of halogens is 1. The van der Waals surface area contributed by atoms with Crippen LogP contribution in [0.3, 0.4) is 0 Å². The molecule has 0 bridgehead atoms. The Hall–Kier alpha value is -2.95. The minimum atomic E-state index is -0.254. The Morgan fingerprint density at radius 1 is 1.25 bits per heavy atom. The highest BCUT2D eigenvalue weighted by molar-refractivity contribution is 5.97. The van der Waals surface area contributed by atoms with Crippen LogP contribution in [0.25, 0.3) is 32.9 Å². The lowest BCUT2D eigenvalue weighted by atomic mass is 10.0. The van der Waals surface area contributed by atoms with Crippen LogP contribution in [0, 0.1) is 5.82 Å². The fourth-order valence-electron chi connectivity index (χ4n) is 2.96. The van der Waals surface area contributed by atoms with E-state index in [2.05, 4.69) is 10.1 Å². The largest absolute Gasteiger partial charge is 0.360 e. The van der Waals surface area contributed by atoms with Crippen molar-refractivity contribution >= 4 is 27.6 Å². The maximum absolute atomic E-state index is 13.3. The SMILES string of the molecule is CC(=O)CCn1cc2ccc(-c3c[nH]c4cc(F)ccc34)cc2n1. The predicted molar refractivity (Wildman–Crippen MR) is 92.3 cm³/mol. The van der Waals surface area contributed by atoms with E-state index < -0.39 is 0 Å². The fraction of sp³-hybridized carbons (Fsp3) is 0.158. The summed E-state index contributed by atoms with van der Waals surface area (Å²) >= 11 is 0. The van der Waals surface area contributed by atoms with E-state index >= 15 is 0 Å². The summed E-state index contributed by atoms with van der Waals surface area (Å²) < 4.78 is 15.1. The molecule has 120 valence electrons. The zero-order valence-corrected chi connectivity index (χ0v) is 13.2. The normalized spacial score (nSPS) is 11.4. The Balaban J connectivity index is 1.74. The first kappa shape index (κ1) is 14.6. The molecule has 0 aliphatic rings. The van der Waals surface area contributed by atoms with Gasteiger partial charge in [-0.3, -0.25) is 9.48 Å². The number of nitrogens with one attached hydrogen (secondary N) is 1. The van der Waals surface area contributed by atoms with Crippen molar-refractivity contribution in [3.05, 3.63) is 54.6 Å². The second-order valence-electron chi connectivity index (χ2n) is 6.01. The number of fused-ring (bicyclic) bond motifs is 2. The van der Waals surface area contributed by atoms with Crippen LogP contribution in [-0.4, -0.2) is 20.5 Å². The second-order valence-corrected chi connectivity index (χ2v) is 6.01. The number of nitrogens with zero attached hydrogens (tertiary/aromatic N) is 2. The molecule has 0 radical (unpaired) electrons. The summed E-state index contributed by atoms with van der Waals surface area (Å²) in [5.74, 6) is -0.100. The number of hydrogen-bond donors (Lipinski definition) is 1. The van der Waals surface area contributed by atoms with Crippen LogP contribution < -0.4 is 0 Å². The first-order valence-electron chi connectivity index (χ1n) is 7.84. The number of benzene rings is 2. The van der Waals surface area contributed by atoms with Gasteiger partial charge in [-0.1, -0.05) is 12.1 Å². The van der Waals surface area contributed by atoms with Gasteiger partial charge in [-0.25, -0.2) is 4.39 Å². The molecule has 4 nitrogen and oxygen atoms in total. The smallest absolute Gasteiger partial charge is 0.131 e. The third kappa shape index (κ3) is 2.58. The van der Waals surface area contributed by atoms with E-state index in [0.29, 0.717) is 13.0 Å². The van der Waals surface area contributed by atoms with Crippen molar-refractivity contribution in [2.45, 2.75) is 19.9 Å². The molecule has 2 aromatic carbocycles. The van der Waals surface area contributed by atoms with E-state index in [-0.39, 0.29) is 11.6 Å². The summed E-state index contributed by atoms with van der Waals surface area (Å²) in [7, 11) is 0. The van der Waals surface area contributed by atoms with Gasteiger partial charge in [0.1, 0.15) is 11.6 Å². The average Bonchev–Trinajstić information content (AvgIpc) is 3.14. The van der Waals surface area contributed by atoms with Crippen LogP contribution in [0.1, 0.15) is 13.3 Å². The Kier molecular flexibility index (Phi) is 3.41. The van der Waals surface area contributed by atoms with E-state index in [4.69, 9.17) is 0 Å². The maximum Gasteiger partial charge on any atom is 0.131 e. The van der Waals surface area contributed by atoms with Gasteiger partial charge in [0.25, 0.3) is 0 Å². The van der Waals surface area contributed by atoms with Crippen molar-refractivity contribution in [3.8, 4) is 11.1 Å². The van der Waals surface area contributed by atoms with Gasteiger partial charge in [0.05, 0.1) is 5.52 Å². The molecule has 5 heteroatoms. The van der Waals surface area contributed by atoms with Crippen molar-refractivity contribution in [2.24, 2.45) is 0 Å². The number of ketones is 1. The number of rotatable bonds is 4. The highest BCUT2D eigenvalue weighted by Crippen LogP contribution is 2.30. The van der Waals surface area contributed by atoms with E-state index in [1.54, 1.807) is 17.7 Å². The Labute approximate surface area is 137 Å². The molecule has 0 aliphatic heterocycles. The summed E-state index contributed by atoms with van der Waals surface area (Å²) in [5.41, 5.74) is 3.70. The molecular formula is C19H16FN3O. The number of aromatic amines is 1. The highest BCUT2D eigenvalue weighted by atomic mass is 19.1. The molecule has 0 amide bonds. The van der Waals surface area contributed by atoms with Crippen LogP contribution in [-0.2, 0) is 11.3 Å². The van der Waals surface area contributed by atoms with Gasteiger partial charge in [-0.2, -0.15) is 5.10 Å². The van der Waals surface area contributed by atoms with E-state index in [1.807, 2.05) is 30.6 Å². The zero-order valence-electron chi connectivity index (χ0n) is 13.2. The molecule has 0 spiro atoms. The summed E-state index contributed by atoms with van der Waals surface area (Å²) in [4.78, 5) is 14.2. The average molecular weight is 321 g/mol. The molecule has 0 atom stereocenters. The summed E-state index contributed by atoms with van der Waals surface area (Å²) in [6.45, 7) is 2.17. The van der Waals surface area contributed by atoms with Crippen molar-refractivity contribution < 1.29 is 9.18 Å². The van der Waals surface area contributed by atoms with Gasteiger partial charge in [0.2, 0.25) is 0 Å². The van der Waals surface area contributed by atoms with Crippen LogP contribution in [0.2, 0.25) is 0 Å². The lowest BCUT2D eigenvalue weighted by Crippen LogP contribution is -2.02. The number of carbonyl (C=O) groups is 1. The number of Topliss-reactive ketones (excluding diaryl/α,β-unsaturated/α-hetero) is 1. The number of aromatic nitrogens is 3. The Morgan fingerprint density at radius 2 is 2.12 bits per heavy atom. The summed E-state index contributed by atoms with van der Waals surface area (Å²) in [6, 6.07) is 10.8. The Bertz CT molecular complexity index is 1060. The van der Waals surface area contributed by atoms with Crippen LogP contribution >= 0.6 is 0 Å². The van der Waals surface area contributed by atoms with Gasteiger partial charge < -0.3 is 4.98 Å². The molecule has 0 saturated carbocycles. The molecule has 0 aliphatic carbocycles. The van der Waals surface area contributed by atoms with Crippen molar-refractivity contribution in [2.75, 3.05) is 0 Å². The van der Waals surface area contributed by atoms with E-state index in [0.717, 1.165) is 32.9 Å². The molecule has 24 heavy (non-hydrogen) atoms. The van der Waals surface area contributed by atoms with Crippen LogP contribution in [0.4, 0.5) is 4.39 Å². The van der Waals surface area contributed by atoms with Crippen molar-refractivity contribution in [1.29, 1.82) is 0 Å². The minimum absolute atomic E-state index is 0.154. The quantitative estimate of drug-likeness (QED) is 0.609. The molecule has 2 aromatic heterocycles. The van der Waals surface area contributed by atoms with E-state index in [9.17, 15) is 9.18 Å². The molecule has 4 rings (SSSR count). The topological polar surface area (TPSA) is 50.7 Å². The second kappa shape index (κ2) is 5.60. The molecule has 1 N–H and O–H groups in total. The molecule has 0 fully saturated rings. The third-order valence-corrected chi connectivity index (χ3v) is 4.20. The summed E-state index contributed by atoms with van der Waals surface area (Å²) in [6.07, 6.45) is 4.32. The maximum atomic E-state index is 13.3. The summed E-state index contributed by atoms with van der Waals surface area (Å²) in [5, 5.41) is 6.56.